The number of pyridine rings is 1. The van der Waals surface area contributed by atoms with Crippen molar-refractivity contribution in [3.8, 4) is 22.4 Å². The van der Waals surface area contributed by atoms with Crippen LogP contribution >= 0.6 is 11.6 Å². The summed E-state index contributed by atoms with van der Waals surface area (Å²) < 4.78 is 0. The van der Waals surface area contributed by atoms with Gasteiger partial charge in [0.2, 0.25) is 0 Å². The fourth-order valence-electron chi connectivity index (χ4n) is 2.88. The van der Waals surface area contributed by atoms with E-state index in [2.05, 4.69) is 15.0 Å². The summed E-state index contributed by atoms with van der Waals surface area (Å²) in [7, 11) is 0. The van der Waals surface area contributed by atoms with E-state index < -0.39 is 4.92 Å². The number of halogens is 1. The number of nitrogens with one attached hydrogen (secondary N) is 1. The van der Waals surface area contributed by atoms with Crippen LogP contribution in [-0.4, -0.2) is 19.9 Å². The van der Waals surface area contributed by atoms with Crippen LogP contribution in [0.25, 0.3) is 33.3 Å². The van der Waals surface area contributed by atoms with E-state index in [0.29, 0.717) is 27.3 Å². The molecule has 4 aromatic rings. The van der Waals surface area contributed by atoms with Crippen molar-refractivity contribution in [3.05, 3.63) is 76.3 Å². The number of fused-ring (bicyclic) bond motifs is 1. The largest absolute Gasteiger partial charge is 0.345 e. The Labute approximate surface area is 147 Å². The minimum Gasteiger partial charge on any atom is -0.345 e. The van der Waals surface area contributed by atoms with Crippen molar-refractivity contribution in [1.82, 2.24) is 15.0 Å². The molecule has 0 aliphatic carbocycles. The lowest BCUT2D eigenvalue weighted by Gasteiger charge is -2.14. The van der Waals surface area contributed by atoms with Gasteiger partial charge in [0, 0.05) is 28.6 Å². The molecule has 2 heterocycles. The fourth-order valence-corrected chi connectivity index (χ4v) is 3.17. The van der Waals surface area contributed by atoms with Crippen LogP contribution in [0.15, 0.2) is 61.1 Å². The van der Waals surface area contributed by atoms with Crippen molar-refractivity contribution < 1.29 is 4.92 Å². The van der Waals surface area contributed by atoms with Gasteiger partial charge in [0.1, 0.15) is 5.15 Å². The van der Waals surface area contributed by atoms with Crippen molar-refractivity contribution >= 4 is 28.2 Å². The molecule has 0 unspecified atom stereocenters. The number of benzene rings is 2. The van der Waals surface area contributed by atoms with E-state index in [-0.39, 0.29) is 5.69 Å². The van der Waals surface area contributed by atoms with Gasteiger partial charge in [-0.05, 0) is 11.6 Å². The highest BCUT2D eigenvalue weighted by Crippen LogP contribution is 2.41. The predicted molar refractivity (Wildman–Crippen MR) is 96.4 cm³/mol. The molecule has 4 rings (SSSR count). The number of H-pyrrole nitrogens is 1. The number of hydrogen-bond donors (Lipinski definition) is 1. The first kappa shape index (κ1) is 15.3. The molecular formula is C18H11ClN4O2. The number of hydrogen-bond acceptors (Lipinski definition) is 4. The molecule has 122 valence electrons. The maximum absolute atomic E-state index is 11.2. The maximum Gasteiger partial charge on any atom is 0.270 e. The zero-order valence-electron chi connectivity index (χ0n) is 12.8. The summed E-state index contributed by atoms with van der Waals surface area (Å²) in [5.41, 5.74) is 3.63. The van der Waals surface area contributed by atoms with Gasteiger partial charge >= 0.3 is 0 Å². The van der Waals surface area contributed by atoms with Gasteiger partial charge in [-0.15, -0.1) is 0 Å². The molecule has 6 nitrogen and oxygen atoms in total. The molecule has 25 heavy (non-hydrogen) atoms. The number of non-ortho nitro benzene ring substituents is 1. The van der Waals surface area contributed by atoms with Gasteiger partial charge in [-0.25, -0.2) is 9.97 Å². The number of aromatic nitrogens is 3. The van der Waals surface area contributed by atoms with E-state index in [9.17, 15) is 10.1 Å². The lowest BCUT2D eigenvalue weighted by atomic mass is 9.95. The van der Waals surface area contributed by atoms with Crippen molar-refractivity contribution in [2.75, 3.05) is 0 Å². The van der Waals surface area contributed by atoms with Crippen molar-refractivity contribution in [3.63, 3.8) is 0 Å². The number of nitro benzene ring substituents is 1. The Bertz CT molecular complexity index is 1080. The third kappa shape index (κ3) is 2.62. The maximum atomic E-state index is 11.2. The zero-order valence-corrected chi connectivity index (χ0v) is 13.6. The highest BCUT2D eigenvalue weighted by Gasteiger charge is 2.20. The molecule has 0 saturated heterocycles. The topological polar surface area (TPSA) is 84.7 Å². The Morgan fingerprint density at radius 1 is 1.08 bits per heavy atom. The van der Waals surface area contributed by atoms with Crippen LogP contribution in [0.2, 0.25) is 5.15 Å². The predicted octanol–water partition coefficient (Wildman–Crippen LogP) is 4.85. The molecular weight excluding hydrogens is 340 g/mol. The lowest BCUT2D eigenvalue weighted by molar-refractivity contribution is -0.384. The summed E-state index contributed by atoms with van der Waals surface area (Å²) in [5, 5.41) is 12.2. The van der Waals surface area contributed by atoms with Crippen molar-refractivity contribution in [2.24, 2.45) is 0 Å². The summed E-state index contributed by atoms with van der Waals surface area (Å²) in [6.45, 7) is 0. The van der Waals surface area contributed by atoms with Gasteiger partial charge in [0.15, 0.2) is 0 Å². The molecule has 0 saturated carbocycles. The summed E-state index contributed by atoms with van der Waals surface area (Å²) in [6, 6.07) is 14.2. The number of nitrogens with zero attached hydrogens (tertiary/aromatic N) is 3. The monoisotopic (exact) mass is 350 g/mol. The summed E-state index contributed by atoms with van der Waals surface area (Å²) in [5.74, 6) is 0. The van der Waals surface area contributed by atoms with E-state index in [1.54, 1.807) is 18.6 Å². The summed E-state index contributed by atoms with van der Waals surface area (Å²) in [4.78, 5) is 22.3. The number of imidazole rings is 1. The number of rotatable bonds is 3. The first-order valence-corrected chi connectivity index (χ1v) is 7.85. The van der Waals surface area contributed by atoms with E-state index in [4.69, 9.17) is 11.6 Å². The second-order valence-corrected chi connectivity index (χ2v) is 5.80. The molecule has 0 atom stereocenters. The molecule has 2 aromatic heterocycles. The minimum absolute atomic E-state index is 0.00404. The van der Waals surface area contributed by atoms with Gasteiger partial charge in [-0.3, -0.25) is 10.1 Å². The number of aromatic amines is 1. The van der Waals surface area contributed by atoms with Crippen molar-refractivity contribution in [2.45, 2.75) is 0 Å². The van der Waals surface area contributed by atoms with Crippen LogP contribution < -0.4 is 0 Å². The zero-order chi connectivity index (χ0) is 17.4. The summed E-state index contributed by atoms with van der Waals surface area (Å²) >= 11 is 6.46. The Kier molecular flexibility index (Phi) is 3.66. The third-order valence-corrected chi connectivity index (χ3v) is 4.24. The Balaban J connectivity index is 2.16. The quantitative estimate of drug-likeness (QED) is 0.325. The second-order valence-electron chi connectivity index (χ2n) is 5.44. The van der Waals surface area contributed by atoms with Crippen molar-refractivity contribution in [1.29, 1.82) is 0 Å². The van der Waals surface area contributed by atoms with Gasteiger partial charge in [0.05, 0.1) is 28.7 Å². The minimum atomic E-state index is -0.418. The molecule has 0 aliphatic heterocycles. The van der Waals surface area contributed by atoms with Crippen LogP contribution in [0.3, 0.4) is 0 Å². The average molecular weight is 351 g/mol. The fraction of sp³-hybridized carbons (Fsp3) is 0. The first-order chi connectivity index (χ1) is 12.1. The van der Waals surface area contributed by atoms with E-state index in [0.717, 1.165) is 11.1 Å². The van der Waals surface area contributed by atoms with Gasteiger partial charge in [-0.2, -0.15) is 0 Å². The Hall–Kier alpha value is -3.25. The van der Waals surface area contributed by atoms with Crippen LogP contribution in [0.4, 0.5) is 5.69 Å². The van der Waals surface area contributed by atoms with Gasteiger partial charge in [0.25, 0.3) is 5.69 Å². The van der Waals surface area contributed by atoms with E-state index >= 15 is 0 Å². The Morgan fingerprint density at radius 3 is 2.56 bits per heavy atom. The average Bonchev–Trinajstić information content (AvgIpc) is 3.15. The van der Waals surface area contributed by atoms with Crippen LogP contribution in [0, 0.1) is 10.1 Å². The van der Waals surface area contributed by atoms with E-state index in [1.165, 1.54) is 12.1 Å². The molecule has 0 aliphatic rings. The molecule has 1 N–H and O–H groups in total. The molecule has 2 aromatic carbocycles. The highest BCUT2D eigenvalue weighted by atomic mass is 35.5. The highest BCUT2D eigenvalue weighted by molar-refractivity contribution is 6.34. The molecule has 0 spiro atoms. The lowest BCUT2D eigenvalue weighted by Crippen LogP contribution is -1.95. The molecule has 0 radical (unpaired) electrons. The van der Waals surface area contributed by atoms with Gasteiger partial charge < -0.3 is 4.98 Å². The SMILES string of the molecule is O=[N+]([O-])c1ccc2nc(Cl)c(-c3cnc[nH]3)c(-c3ccccc3)c2c1. The van der Waals surface area contributed by atoms with Crippen LogP contribution in [-0.2, 0) is 0 Å². The normalized spacial score (nSPS) is 10.9. The molecule has 0 bridgehead atoms. The van der Waals surface area contributed by atoms with Crippen LogP contribution in [0.1, 0.15) is 0 Å². The van der Waals surface area contributed by atoms with E-state index in [1.807, 2.05) is 30.3 Å². The van der Waals surface area contributed by atoms with Gasteiger partial charge in [-0.1, -0.05) is 41.9 Å². The third-order valence-electron chi connectivity index (χ3n) is 3.97. The van der Waals surface area contributed by atoms with Crippen LogP contribution in [0.5, 0.6) is 0 Å². The number of nitro groups is 1. The standard InChI is InChI=1S/C18H11ClN4O2/c19-18-17(15-9-20-10-21-15)16(11-4-2-1-3-5-11)13-8-12(23(24)25)6-7-14(13)22-18/h1-10H,(H,20,21). The first-order valence-electron chi connectivity index (χ1n) is 7.47. The Morgan fingerprint density at radius 2 is 1.88 bits per heavy atom. The second kappa shape index (κ2) is 5.99. The summed E-state index contributed by atoms with van der Waals surface area (Å²) in [6.07, 6.45) is 3.20. The molecule has 0 amide bonds. The smallest absolute Gasteiger partial charge is 0.270 e. The molecule has 0 fully saturated rings. The molecule has 7 heteroatoms.